The Balaban J connectivity index is 1.26. The molecule has 0 spiro atoms. The first-order chi connectivity index (χ1) is 20.5. The molecule has 0 saturated heterocycles. The van der Waals surface area contributed by atoms with E-state index in [1.54, 1.807) is 48.9 Å². The lowest BCUT2D eigenvalue weighted by molar-refractivity contribution is 0.100. The summed E-state index contributed by atoms with van der Waals surface area (Å²) in [5, 5.41) is 16.4. The predicted molar refractivity (Wildman–Crippen MR) is 164 cm³/mol. The summed E-state index contributed by atoms with van der Waals surface area (Å²) in [4.78, 5) is 40.6. The number of rotatable bonds is 10. The predicted octanol–water partition coefficient (Wildman–Crippen LogP) is 6.05. The van der Waals surface area contributed by atoms with Crippen LogP contribution in [0.4, 0.5) is 11.6 Å². The number of nitrogens with one attached hydrogen (secondary N) is 2. The van der Waals surface area contributed by atoms with Gasteiger partial charge in [0.2, 0.25) is 5.95 Å². The number of hydrogen-bond donors (Lipinski definition) is 3. The van der Waals surface area contributed by atoms with Crippen LogP contribution in [0.2, 0.25) is 0 Å². The highest BCUT2D eigenvalue weighted by Crippen LogP contribution is 2.29. The molecule has 2 aromatic carbocycles. The molecule has 0 bridgehead atoms. The van der Waals surface area contributed by atoms with Crippen molar-refractivity contribution in [2.45, 2.75) is 13.0 Å². The van der Waals surface area contributed by atoms with Gasteiger partial charge in [-0.1, -0.05) is 36.4 Å². The fraction of sp³-hybridized carbons (Fsp3) is 0.0938. The minimum absolute atomic E-state index is 0.0223. The van der Waals surface area contributed by atoms with E-state index in [1.807, 2.05) is 59.2 Å². The Labute approximate surface area is 245 Å². The van der Waals surface area contributed by atoms with E-state index >= 15 is 0 Å². The monoisotopic (exact) mass is 574 g/mol. The van der Waals surface area contributed by atoms with E-state index in [1.165, 1.54) is 11.3 Å². The van der Waals surface area contributed by atoms with Crippen molar-refractivity contribution in [3.63, 3.8) is 0 Å². The van der Waals surface area contributed by atoms with Crippen LogP contribution in [0.5, 0.6) is 5.75 Å². The second-order valence-electron chi connectivity index (χ2n) is 9.51. The van der Waals surface area contributed by atoms with Gasteiger partial charge in [-0.3, -0.25) is 24.9 Å². The summed E-state index contributed by atoms with van der Waals surface area (Å²) in [5.41, 5.74) is 4.30. The van der Waals surface area contributed by atoms with Gasteiger partial charge in [-0.25, -0.2) is 4.98 Å². The van der Waals surface area contributed by atoms with Crippen molar-refractivity contribution >= 4 is 45.7 Å². The maximum Gasteiger partial charge on any atom is 0.268 e. The molecule has 42 heavy (non-hydrogen) atoms. The van der Waals surface area contributed by atoms with E-state index in [4.69, 9.17) is 4.98 Å². The highest BCUT2D eigenvalue weighted by Gasteiger charge is 2.18. The number of aryl methyl sites for hydroxylation is 2. The lowest BCUT2D eigenvalue weighted by Gasteiger charge is -2.11. The van der Waals surface area contributed by atoms with Crippen LogP contribution in [0.3, 0.4) is 0 Å². The van der Waals surface area contributed by atoms with E-state index in [0.29, 0.717) is 40.6 Å². The number of hydrogen-bond acceptors (Lipinski definition) is 8. The van der Waals surface area contributed by atoms with Gasteiger partial charge in [0, 0.05) is 53.2 Å². The molecule has 0 atom stereocenters. The Hall–Kier alpha value is -5.35. The lowest BCUT2D eigenvalue weighted by atomic mass is 10.1. The first kappa shape index (κ1) is 26.9. The number of carbonyl (C=O) groups is 2. The standard InChI is InChI=1S/C32H26N6O3S/c39-27-9-5-16-34-24(27)14-17-38-26-11-10-23(35-20-28(40)21-6-2-1-3-7-21)18-25(26)36-32(38)37-31(41)30-13-12-29(42-30)22-8-4-15-33-19-22/h1-13,15-16,18-19,35,39H,14,17,20H2,(H,36,37,41). The van der Waals surface area contributed by atoms with Gasteiger partial charge >= 0.3 is 0 Å². The second kappa shape index (κ2) is 12.0. The average molecular weight is 575 g/mol. The Kier molecular flexibility index (Phi) is 7.69. The normalized spacial score (nSPS) is 11.0. The number of aromatic nitrogens is 4. The molecule has 0 radical (unpaired) electrons. The van der Waals surface area contributed by atoms with Gasteiger partial charge < -0.3 is 15.0 Å². The van der Waals surface area contributed by atoms with Crippen LogP contribution in [0, 0.1) is 0 Å². The number of pyridine rings is 2. The second-order valence-corrected chi connectivity index (χ2v) is 10.6. The minimum Gasteiger partial charge on any atom is -0.506 e. The Morgan fingerprint density at radius 1 is 0.929 bits per heavy atom. The maximum atomic E-state index is 13.3. The van der Waals surface area contributed by atoms with Gasteiger partial charge in [-0.05, 0) is 48.5 Å². The molecule has 1 amide bonds. The largest absolute Gasteiger partial charge is 0.506 e. The molecule has 10 heteroatoms. The minimum atomic E-state index is -0.279. The molecular weight excluding hydrogens is 548 g/mol. The summed E-state index contributed by atoms with van der Waals surface area (Å²) in [6.45, 7) is 0.553. The fourth-order valence-corrected chi connectivity index (χ4v) is 5.49. The van der Waals surface area contributed by atoms with E-state index in [-0.39, 0.29) is 24.0 Å². The van der Waals surface area contributed by atoms with Crippen molar-refractivity contribution in [3.05, 3.63) is 120 Å². The third-order valence-electron chi connectivity index (χ3n) is 6.74. The SMILES string of the molecule is O=C(CNc1ccc2c(c1)nc(NC(=O)c1ccc(-c3cccnc3)s1)n2CCc1ncccc1O)c1ccccc1. The topological polar surface area (TPSA) is 122 Å². The lowest BCUT2D eigenvalue weighted by Crippen LogP contribution is -2.15. The first-order valence-electron chi connectivity index (χ1n) is 13.3. The van der Waals surface area contributed by atoms with Crippen molar-refractivity contribution in [1.82, 2.24) is 19.5 Å². The van der Waals surface area contributed by atoms with Crippen LogP contribution in [-0.4, -0.2) is 42.9 Å². The number of thiophene rings is 1. The summed E-state index contributed by atoms with van der Waals surface area (Å²) in [6, 6.07) is 25.5. The molecule has 0 aliphatic rings. The quantitative estimate of drug-likeness (QED) is 0.170. The zero-order valence-electron chi connectivity index (χ0n) is 22.4. The number of anilines is 2. The highest BCUT2D eigenvalue weighted by molar-refractivity contribution is 7.17. The Bertz CT molecular complexity index is 1870. The number of amides is 1. The summed E-state index contributed by atoms with van der Waals surface area (Å²) in [5.74, 6) is 0.188. The summed E-state index contributed by atoms with van der Waals surface area (Å²) in [7, 11) is 0. The van der Waals surface area contributed by atoms with Crippen LogP contribution in [-0.2, 0) is 13.0 Å². The molecule has 4 aromatic heterocycles. The van der Waals surface area contributed by atoms with Crippen molar-refractivity contribution in [2.24, 2.45) is 0 Å². The van der Waals surface area contributed by atoms with E-state index < -0.39 is 0 Å². The van der Waals surface area contributed by atoms with E-state index in [9.17, 15) is 14.7 Å². The van der Waals surface area contributed by atoms with E-state index in [2.05, 4.69) is 20.6 Å². The average Bonchev–Trinajstić information content (AvgIpc) is 3.65. The molecule has 9 nitrogen and oxygen atoms in total. The van der Waals surface area contributed by atoms with Gasteiger partial charge in [0.15, 0.2) is 5.78 Å². The third-order valence-corrected chi connectivity index (χ3v) is 7.87. The van der Waals surface area contributed by atoms with Crippen LogP contribution in [0.25, 0.3) is 21.5 Å². The van der Waals surface area contributed by atoms with Gasteiger partial charge in [0.25, 0.3) is 5.91 Å². The Morgan fingerprint density at radius 3 is 2.60 bits per heavy atom. The molecule has 0 aliphatic heterocycles. The zero-order chi connectivity index (χ0) is 28.9. The summed E-state index contributed by atoms with van der Waals surface area (Å²) in [6.07, 6.45) is 5.53. The van der Waals surface area contributed by atoms with Crippen LogP contribution in [0.15, 0.2) is 104 Å². The molecule has 3 N–H and O–H groups in total. The zero-order valence-corrected chi connectivity index (χ0v) is 23.2. The Morgan fingerprint density at radius 2 is 1.79 bits per heavy atom. The molecule has 0 saturated carbocycles. The van der Waals surface area contributed by atoms with Crippen molar-refractivity contribution in [1.29, 1.82) is 0 Å². The molecule has 4 heterocycles. The number of benzene rings is 2. The van der Waals surface area contributed by atoms with Crippen molar-refractivity contribution in [3.8, 4) is 16.2 Å². The van der Waals surface area contributed by atoms with E-state index in [0.717, 1.165) is 21.6 Å². The molecule has 6 aromatic rings. The van der Waals surface area contributed by atoms with Gasteiger partial charge in [0.05, 0.1) is 28.1 Å². The highest BCUT2D eigenvalue weighted by atomic mass is 32.1. The van der Waals surface area contributed by atoms with Gasteiger partial charge in [-0.2, -0.15) is 0 Å². The number of fused-ring (bicyclic) bond motifs is 1. The van der Waals surface area contributed by atoms with Gasteiger partial charge in [0.1, 0.15) is 5.75 Å². The van der Waals surface area contributed by atoms with Crippen molar-refractivity contribution < 1.29 is 14.7 Å². The molecule has 208 valence electrons. The maximum absolute atomic E-state index is 13.3. The van der Waals surface area contributed by atoms with Crippen LogP contribution < -0.4 is 10.6 Å². The number of imidazole rings is 1. The fourth-order valence-electron chi connectivity index (χ4n) is 4.60. The van der Waals surface area contributed by atoms with Gasteiger partial charge in [-0.15, -0.1) is 11.3 Å². The number of aromatic hydroxyl groups is 1. The number of carbonyl (C=O) groups excluding carboxylic acids is 2. The molecule has 0 aliphatic carbocycles. The first-order valence-corrected chi connectivity index (χ1v) is 14.1. The smallest absolute Gasteiger partial charge is 0.268 e. The summed E-state index contributed by atoms with van der Waals surface area (Å²) < 4.78 is 1.90. The number of ketones is 1. The van der Waals surface area contributed by atoms with Crippen LogP contribution in [0.1, 0.15) is 25.7 Å². The number of nitrogens with zero attached hydrogens (tertiary/aromatic N) is 4. The number of Topliss-reactive ketones (excluding diaryl/α,β-unsaturated/α-hetero) is 1. The molecular formula is C32H26N6O3S. The van der Waals surface area contributed by atoms with Crippen molar-refractivity contribution in [2.75, 3.05) is 17.2 Å². The van der Waals surface area contributed by atoms with Crippen LogP contribution >= 0.6 is 11.3 Å². The molecule has 0 fully saturated rings. The molecule has 6 rings (SSSR count). The third kappa shape index (κ3) is 5.89. The molecule has 0 unspecified atom stereocenters. The summed E-state index contributed by atoms with van der Waals surface area (Å²) >= 11 is 1.37.